The van der Waals surface area contributed by atoms with Crippen LogP contribution in [0.4, 0.5) is 17.6 Å². The molecule has 1 unspecified atom stereocenters. The molecule has 1 atom stereocenters. The van der Waals surface area contributed by atoms with Gasteiger partial charge >= 0.3 is 6.18 Å². The number of carbonyl (C=O) groups excluding carboxylic acids is 1. The molecule has 1 N–H and O–H groups in total. The zero-order valence-electron chi connectivity index (χ0n) is 10.4. The highest BCUT2D eigenvalue weighted by molar-refractivity contribution is 9.09. The average molecular weight is 358 g/mol. The van der Waals surface area contributed by atoms with E-state index >= 15 is 0 Å². The Labute approximate surface area is 121 Å². The summed E-state index contributed by atoms with van der Waals surface area (Å²) in [6.45, 7) is 0.503. The molecule has 0 aliphatic heterocycles. The van der Waals surface area contributed by atoms with Crippen molar-refractivity contribution in [2.75, 3.05) is 20.3 Å². The molecular weight excluding hydrogens is 346 g/mol. The molecule has 0 aliphatic rings. The number of hydrogen-bond donors (Lipinski definition) is 1. The van der Waals surface area contributed by atoms with Crippen molar-refractivity contribution in [2.45, 2.75) is 11.0 Å². The standard InChI is InChI=1S/C12H12BrF4NO2/c1-20-6-8(13)5-18-11(19)7-2-3-10(14)9(4-7)12(15,16)17/h2-4,8H,5-6H2,1H3,(H,18,19). The minimum Gasteiger partial charge on any atom is -0.383 e. The fourth-order valence-corrected chi connectivity index (χ4v) is 1.86. The van der Waals surface area contributed by atoms with E-state index in [1.807, 2.05) is 0 Å². The molecule has 0 bridgehead atoms. The molecular formula is C12H12BrF4NO2. The normalized spacial score (nSPS) is 13.1. The zero-order valence-corrected chi connectivity index (χ0v) is 12.0. The molecule has 1 amide bonds. The maximum absolute atomic E-state index is 13.1. The van der Waals surface area contributed by atoms with Gasteiger partial charge in [0, 0.05) is 19.2 Å². The summed E-state index contributed by atoms with van der Waals surface area (Å²) in [6, 6.07) is 2.11. The van der Waals surface area contributed by atoms with Gasteiger partial charge in [-0.2, -0.15) is 13.2 Å². The maximum Gasteiger partial charge on any atom is 0.419 e. The zero-order chi connectivity index (χ0) is 15.3. The lowest BCUT2D eigenvalue weighted by atomic mass is 10.1. The molecule has 20 heavy (non-hydrogen) atoms. The van der Waals surface area contributed by atoms with Gasteiger partial charge in [-0.15, -0.1) is 0 Å². The number of methoxy groups -OCH3 is 1. The number of carbonyl (C=O) groups is 1. The number of ether oxygens (including phenoxy) is 1. The molecule has 0 spiro atoms. The van der Waals surface area contributed by atoms with E-state index in [1.54, 1.807) is 0 Å². The number of benzene rings is 1. The van der Waals surface area contributed by atoms with Crippen LogP contribution in [-0.4, -0.2) is 31.0 Å². The van der Waals surface area contributed by atoms with Gasteiger partial charge in [-0.05, 0) is 18.2 Å². The van der Waals surface area contributed by atoms with Gasteiger partial charge in [0.2, 0.25) is 0 Å². The Morgan fingerprint density at radius 3 is 2.65 bits per heavy atom. The van der Waals surface area contributed by atoms with Crippen molar-refractivity contribution in [2.24, 2.45) is 0 Å². The lowest BCUT2D eigenvalue weighted by molar-refractivity contribution is -0.140. The molecule has 0 aliphatic carbocycles. The van der Waals surface area contributed by atoms with Crippen molar-refractivity contribution < 1.29 is 27.1 Å². The van der Waals surface area contributed by atoms with E-state index in [2.05, 4.69) is 21.2 Å². The molecule has 1 aromatic carbocycles. The van der Waals surface area contributed by atoms with Crippen LogP contribution in [0.15, 0.2) is 18.2 Å². The second-order valence-corrected chi connectivity index (χ2v) is 5.25. The van der Waals surface area contributed by atoms with E-state index in [1.165, 1.54) is 7.11 Å². The first kappa shape index (κ1) is 16.9. The number of halogens is 5. The first-order valence-electron chi connectivity index (χ1n) is 5.53. The van der Waals surface area contributed by atoms with Gasteiger partial charge in [0.05, 0.1) is 17.0 Å². The van der Waals surface area contributed by atoms with Crippen molar-refractivity contribution in [3.05, 3.63) is 35.1 Å². The third kappa shape index (κ3) is 4.75. The molecule has 0 saturated heterocycles. The van der Waals surface area contributed by atoms with Crippen LogP contribution in [0, 0.1) is 5.82 Å². The average Bonchev–Trinajstić information content (AvgIpc) is 2.35. The molecule has 0 fully saturated rings. The van der Waals surface area contributed by atoms with Crippen molar-refractivity contribution in [1.82, 2.24) is 5.32 Å². The number of alkyl halides is 4. The topological polar surface area (TPSA) is 38.3 Å². The Morgan fingerprint density at radius 1 is 1.45 bits per heavy atom. The van der Waals surface area contributed by atoms with Crippen LogP contribution in [0.5, 0.6) is 0 Å². The van der Waals surface area contributed by atoms with Crippen LogP contribution >= 0.6 is 15.9 Å². The summed E-state index contributed by atoms with van der Waals surface area (Å²) < 4.78 is 55.4. The summed E-state index contributed by atoms with van der Waals surface area (Å²) in [5.74, 6) is -2.12. The number of rotatable bonds is 5. The Balaban J connectivity index is 2.79. The molecule has 1 aromatic rings. The van der Waals surface area contributed by atoms with Crippen molar-refractivity contribution >= 4 is 21.8 Å². The first-order chi connectivity index (χ1) is 9.25. The monoisotopic (exact) mass is 357 g/mol. The predicted molar refractivity (Wildman–Crippen MR) is 68.3 cm³/mol. The van der Waals surface area contributed by atoms with E-state index < -0.39 is 23.5 Å². The highest BCUT2D eigenvalue weighted by Crippen LogP contribution is 2.31. The summed E-state index contributed by atoms with van der Waals surface area (Å²) in [5.41, 5.74) is -1.71. The van der Waals surface area contributed by atoms with Crippen LogP contribution in [-0.2, 0) is 10.9 Å². The highest BCUT2D eigenvalue weighted by atomic mass is 79.9. The van der Waals surface area contributed by atoms with E-state index in [0.29, 0.717) is 18.7 Å². The van der Waals surface area contributed by atoms with E-state index in [0.717, 1.165) is 6.07 Å². The SMILES string of the molecule is COCC(Br)CNC(=O)c1ccc(F)c(C(F)(F)F)c1. The molecule has 0 heterocycles. The van der Waals surface area contributed by atoms with Gasteiger partial charge in [-0.1, -0.05) is 15.9 Å². The molecule has 1 rings (SSSR count). The van der Waals surface area contributed by atoms with Crippen LogP contribution < -0.4 is 5.32 Å². The minimum absolute atomic E-state index is 0.168. The quantitative estimate of drug-likeness (QED) is 0.649. The number of amides is 1. The summed E-state index contributed by atoms with van der Waals surface area (Å²) in [6.07, 6.45) is -4.84. The van der Waals surface area contributed by atoms with Gasteiger partial charge in [0.25, 0.3) is 5.91 Å². The van der Waals surface area contributed by atoms with E-state index in [-0.39, 0.29) is 16.9 Å². The van der Waals surface area contributed by atoms with E-state index in [4.69, 9.17) is 4.74 Å². The molecule has 8 heteroatoms. The fraction of sp³-hybridized carbons (Fsp3) is 0.417. The molecule has 0 aromatic heterocycles. The van der Waals surface area contributed by atoms with Gasteiger partial charge < -0.3 is 10.1 Å². The highest BCUT2D eigenvalue weighted by Gasteiger charge is 2.34. The van der Waals surface area contributed by atoms with Gasteiger partial charge in [0.15, 0.2) is 0 Å². The third-order valence-electron chi connectivity index (χ3n) is 2.37. The largest absolute Gasteiger partial charge is 0.419 e. The lowest BCUT2D eigenvalue weighted by Crippen LogP contribution is -2.31. The molecule has 0 saturated carbocycles. The predicted octanol–water partition coefficient (Wildman–Crippen LogP) is 2.98. The summed E-state index contributed by atoms with van der Waals surface area (Å²) in [7, 11) is 1.48. The second-order valence-electron chi connectivity index (χ2n) is 3.96. The van der Waals surface area contributed by atoms with Crippen molar-refractivity contribution in [1.29, 1.82) is 0 Å². The summed E-state index contributed by atoms with van der Waals surface area (Å²) in [5, 5.41) is 2.43. The Hall–Kier alpha value is -1.15. The van der Waals surface area contributed by atoms with Gasteiger partial charge in [-0.3, -0.25) is 4.79 Å². The third-order valence-corrected chi connectivity index (χ3v) is 2.95. The smallest absolute Gasteiger partial charge is 0.383 e. The summed E-state index contributed by atoms with van der Waals surface area (Å²) in [4.78, 5) is 11.5. The lowest BCUT2D eigenvalue weighted by Gasteiger charge is -2.12. The fourth-order valence-electron chi connectivity index (χ4n) is 1.43. The molecule has 112 valence electrons. The second kappa shape index (κ2) is 7.03. The number of nitrogens with one attached hydrogen (secondary N) is 1. The van der Waals surface area contributed by atoms with Crippen LogP contribution in [0.25, 0.3) is 0 Å². The van der Waals surface area contributed by atoms with Gasteiger partial charge in [-0.25, -0.2) is 4.39 Å². The van der Waals surface area contributed by atoms with Crippen LogP contribution in [0.2, 0.25) is 0 Å². The Morgan fingerprint density at radius 2 is 2.10 bits per heavy atom. The first-order valence-corrected chi connectivity index (χ1v) is 6.45. The minimum atomic E-state index is -4.84. The molecule has 3 nitrogen and oxygen atoms in total. The van der Waals surface area contributed by atoms with Crippen LogP contribution in [0.1, 0.15) is 15.9 Å². The van der Waals surface area contributed by atoms with Gasteiger partial charge in [0.1, 0.15) is 5.82 Å². The number of hydrogen-bond acceptors (Lipinski definition) is 2. The van der Waals surface area contributed by atoms with Crippen molar-refractivity contribution in [3.8, 4) is 0 Å². The molecule has 0 radical (unpaired) electrons. The van der Waals surface area contributed by atoms with E-state index in [9.17, 15) is 22.4 Å². The van der Waals surface area contributed by atoms with Crippen molar-refractivity contribution in [3.63, 3.8) is 0 Å². The Kier molecular flexibility index (Phi) is 5.94. The maximum atomic E-state index is 13.1. The summed E-state index contributed by atoms with van der Waals surface area (Å²) >= 11 is 3.22. The Bertz CT molecular complexity index is 479. The van der Waals surface area contributed by atoms with Crippen LogP contribution in [0.3, 0.4) is 0 Å².